The van der Waals surface area contributed by atoms with E-state index in [-0.39, 0.29) is 19.1 Å². The number of hydrogen-bond acceptors (Lipinski definition) is 5. The van der Waals surface area contributed by atoms with E-state index in [4.69, 9.17) is 4.74 Å². The van der Waals surface area contributed by atoms with Crippen LogP contribution in [0.15, 0.2) is 5.16 Å². The third-order valence-corrected chi connectivity index (χ3v) is 2.74. The fourth-order valence-corrected chi connectivity index (χ4v) is 1.89. The molecule has 0 amide bonds. The van der Waals surface area contributed by atoms with Gasteiger partial charge in [-0.25, -0.2) is 0 Å². The van der Waals surface area contributed by atoms with E-state index in [1.165, 1.54) is 11.7 Å². The van der Waals surface area contributed by atoms with Gasteiger partial charge in [-0.1, -0.05) is 17.7 Å². The Morgan fingerprint density at radius 2 is 2.06 bits per heavy atom. The number of hydrogen-bond donors (Lipinski definition) is 0. The van der Waals surface area contributed by atoms with Crippen LogP contribution in [0.4, 0.5) is 3.89 Å². The molecular weight excluding hydrogens is 237 g/mol. The molecule has 0 spiro atoms. The summed E-state index contributed by atoms with van der Waals surface area (Å²) in [5.41, 5.74) is 0. The first-order chi connectivity index (χ1) is 7.38. The number of aromatic nitrogens is 3. The summed E-state index contributed by atoms with van der Waals surface area (Å²) in [5.74, 6) is 0.383. The van der Waals surface area contributed by atoms with Gasteiger partial charge in [-0.2, -0.15) is 8.42 Å². The van der Waals surface area contributed by atoms with Crippen LogP contribution in [0.2, 0.25) is 0 Å². The minimum atomic E-state index is -4.84. The first kappa shape index (κ1) is 13.0. The zero-order valence-electron chi connectivity index (χ0n) is 9.34. The van der Waals surface area contributed by atoms with Gasteiger partial charge in [0.2, 0.25) is 0 Å². The maximum atomic E-state index is 12.9. The van der Waals surface area contributed by atoms with E-state index in [0.717, 1.165) is 0 Å². The van der Waals surface area contributed by atoms with Crippen LogP contribution in [-0.2, 0) is 21.5 Å². The SMILES string of the molecule is COCCn1c(C(C)C)nnc1S(=O)(=O)F. The Kier molecular flexibility index (Phi) is 3.98. The van der Waals surface area contributed by atoms with Crippen LogP contribution >= 0.6 is 0 Å². The first-order valence-corrected chi connectivity index (χ1v) is 6.13. The molecule has 0 unspecified atom stereocenters. The summed E-state index contributed by atoms with van der Waals surface area (Å²) in [5, 5.41) is 6.37. The summed E-state index contributed by atoms with van der Waals surface area (Å²) in [4.78, 5) is 0. The Labute approximate surface area is 93.6 Å². The highest BCUT2D eigenvalue weighted by Gasteiger charge is 2.24. The van der Waals surface area contributed by atoms with E-state index < -0.39 is 15.4 Å². The average molecular weight is 251 g/mol. The third-order valence-electron chi connectivity index (χ3n) is 2.00. The van der Waals surface area contributed by atoms with Crippen LogP contribution in [-0.4, -0.2) is 36.9 Å². The molecule has 0 aliphatic heterocycles. The van der Waals surface area contributed by atoms with Gasteiger partial charge in [0.1, 0.15) is 5.82 Å². The Bertz CT molecular complexity index is 455. The highest BCUT2D eigenvalue weighted by atomic mass is 32.3. The number of methoxy groups -OCH3 is 1. The standard InChI is InChI=1S/C8H14FN3O3S/c1-6(2)7-10-11-8(16(9,13)14)12(7)4-5-15-3/h6H,4-5H2,1-3H3. The summed E-state index contributed by atoms with van der Waals surface area (Å²) >= 11 is 0. The highest BCUT2D eigenvalue weighted by Crippen LogP contribution is 2.17. The van der Waals surface area contributed by atoms with Crippen LogP contribution in [0.5, 0.6) is 0 Å². The topological polar surface area (TPSA) is 74.1 Å². The Balaban J connectivity index is 3.20. The molecule has 0 atom stereocenters. The normalized spacial score (nSPS) is 12.3. The van der Waals surface area contributed by atoms with Gasteiger partial charge in [0, 0.05) is 13.0 Å². The van der Waals surface area contributed by atoms with Gasteiger partial charge < -0.3 is 4.74 Å². The lowest BCUT2D eigenvalue weighted by Crippen LogP contribution is -2.14. The van der Waals surface area contributed by atoms with Crippen LogP contribution < -0.4 is 0 Å². The summed E-state index contributed by atoms with van der Waals surface area (Å²) in [6.45, 7) is 4.11. The van der Waals surface area contributed by atoms with Gasteiger partial charge in [-0.05, 0) is 0 Å². The predicted molar refractivity (Wildman–Crippen MR) is 54.3 cm³/mol. The second kappa shape index (κ2) is 4.88. The molecule has 0 aliphatic rings. The molecule has 0 saturated carbocycles. The van der Waals surface area contributed by atoms with Crippen molar-refractivity contribution in [2.24, 2.45) is 0 Å². The van der Waals surface area contributed by atoms with Crippen molar-refractivity contribution in [1.82, 2.24) is 14.8 Å². The zero-order valence-corrected chi connectivity index (χ0v) is 10.2. The fourth-order valence-electron chi connectivity index (χ4n) is 1.30. The molecule has 1 aromatic heterocycles. The lowest BCUT2D eigenvalue weighted by Gasteiger charge is -2.09. The van der Waals surface area contributed by atoms with Gasteiger partial charge in [0.25, 0.3) is 5.16 Å². The van der Waals surface area contributed by atoms with Crippen LogP contribution in [0.25, 0.3) is 0 Å². The smallest absolute Gasteiger partial charge is 0.368 e. The quantitative estimate of drug-likeness (QED) is 0.720. The molecule has 0 saturated heterocycles. The molecule has 0 N–H and O–H groups in total. The van der Waals surface area contributed by atoms with Gasteiger partial charge in [-0.15, -0.1) is 10.2 Å². The molecule has 16 heavy (non-hydrogen) atoms. The van der Waals surface area contributed by atoms with E-state index in [1.807, 2.05) is 13.8 Å². The van der Waals surface area contributed by atoms with Crippen molar-refractivity contribution in [3.8, 4) is 0 Å². The molecule has 1 rings (SSSR count). The van der Waals surface area contributed by atoms with E-state index in [0.29, 0.717) is 5.82 Å². The molecule has 1 aromatic rings. The third kappa shape index (κ3) is 2.76. The molecule has 0 radical (unpaired) electrons. The number of nitrogens with zero attached hydrogens (tertiary/aromatic N) is 3. The molecule has 0 bridgehead atoms. The van der Waals surface area contributed by atoms with Crippen LogP contribution in [0, 0.1) is 0 Å². The Morgan fingerprint density at radius 3 is 2.50 bits per heavy atom. The van der Waals surface area contributed by atoms with E-state index in [2.05, 4.69) is 10.2 Å². The monoisotopic (exact) mass is 251 g/mol. The molecule has 0 aromatic carbocycles. The highest BCUT2D eigenvalue weighted by molar-refractivity contribution is 7.86. The minimum absolute atomic E-state index is 0.0418. The van der Waals surface area contributed by atoms with Gasteiger partial charge in [-0.3, -0.25) is 4.57 Å². The molecule has 6 nitrogen and oxygen atoms in total. The molecule has 0 aliphatic carbocycles. The predicted octanol–water partition coefficient (Wildman–Crippen LogP) is 0.706. The zero-order chi connectivity index (χ0) is 12.3. The first-order valence-electron chi connectivity index (χ1n) is 4.74. The van der Waals surface area contributed by atoms with Gasteiger partial charge in [0.15, 0.2) is 0 Å². The van der Waals surface area contributed by atoms with Crippen molar-refractivity contribution in [3.63, 3.8) is 0 Å². The van der Waals surface area contributed by atoms with Crippen LogP contribution in [0.3, 0.4) is 0 Å². The van der Waals surface area contributed by atoms with Crippen molar-refractivity contribution < 1.29 is 17.0 Å². The van der Waals surface area contributed by atoms with Crippen molar-refractivity contribution in [2.75, 3.05) is 13.7 Å². The molecule has 1 heterocycles. The Morgan fingerprint density at radius 1 is 1.44 bits per heavy atom. The molecule has 92 valence electrons. The number of halogens is 1. The lowest BCUT2D eigenvalue weighted by molar-refractivity contribution is 0.183. The average Bonchev–Trinajstić information content (AvgIpc) is 2.57. The maximum Gasteiger partial charge on any atom is 0.368 e. The summed E-state index contributed by atoms with van der Waals surface area (Å²) in [6.07, 6.45) is 0. The summed E-state index contributed by atoms with van der Waals surface area (Å²) in [6, 6.07) is 0. The van der Waals surface area contributed by atoms with E-state index in [1.54, 1.807) is 0 Å². The number of ether oxygens (including phenoxy) is 1. The van der Waals surface area contributed by atoms with Gasteiger partial charge >= 0.3 is 10.2 Å². The number of rotatable bonds is 5. The lowest BCUT2D eigenvalue weighted by atomic mass is 10.2. The van der Waals surface area contributed by atoms with E-state index in [9.17, 15) is 12.3 Å². The second-order valence-corrected chi connectivity index (χ2v) is 4.82. The summed E-state index contributed by atoms with van der Waals surface area (Å²) in [7, 11) is -3.37. The van der Waals surface area contributed by atoms with Crippen molar-refractivity contribution >= 4 is 10.2 Å². The summed E-state index contributed by atoms with van der Waals surface area (Å²) < 4.78 is 40.6. The molecule has 0 fully saturated rings. The van der Waals surface area contributed by atoms with E-state index >= 15 is 0 Å². The van der Waals surface area contributed by atoms with Crippen molar-refractivity contribution in [2.45, 2.75) is 31.5 Å². The molecule has 8 heteroatoms. The van der Waals surface area contributed by atoms with Crippen LogP contribution in [0.1, 0.15) is 25.6 Å². The Hall–Kier alpha value is -1.02. The maximum absolute atomic E-state index is 12.9. The fraction of sp³-hybridized carbons (Fsp3) is 0.750. The second-order valence-electron chi connectivity index (χ2n) is 3.58. The largest absolute Gasteiger partial charge is 0.383 e. The molecular formula is C8H14FN3O3S. The van der Waals surface area contributed by atoms with Crippen molar-refractivity contribution in [3.05, 3.63) is 5.82 Å². The van der Waals surface area contributed by atoms with Crippen molar-refractivity contribution in [1.29, 1.82) is 0 Å². The minimum Gasteiger partial charge on any atom is -0.383 e. The van der Waals surface area contributed by atoms with Gasteiger partial charge in [0.05, 0.1) is 13.2 Å².